The Bertz CT molecular complexity index is 181. The summed E-state index contributed by atoms with van der Waals surface area (Å²) in [6, 6.07) is 0. The molecule has 5 nitrogen and oxygen atoms in total. The van der Waals surface area contributed by atoms with Gasteiger partial charge in [0.2, 0.25) is 0 Å². The molecule has 54 valence electrons. The van der Waals surface area contributed by atoms with Crippen molar-refractivity contribution in [2.45, 2.75) is 6.92 Å². The lowest BCUT2D eigenvalue weighted by atomic mass is 10.6. The maximum Gasteiger partial charge on any atom is 0.330 e. The van der Waals surface area contributed by atoms with E-state index in [0.29, 0.717) is 6.61 Å². The molecule has 0 N–H and O–H groups in total. The van der Waals surface area contributed by atoms with Crippen LogP contribution >= 0.6 is 0 Å². The van der Waals surface area contributed by atoms with Crippen LogP contribution in [0.3, 0.4) is 0 Å². The average Bonchev–Trinajstić information content (AvgIpc) is 1.89. The van der Waals surface area contributed by atoms with E-state index in [-0.39, 0.29) is 0 Å². The van der Waals surface area contributed by atoms with Gasteiger partial charge in [-0.3, -0.25) is 0 Å². The quantitative estimate of drug-likeness (QED) is 0.196. The van der Waals surface area contributed by atoms with Crippen LogP contribution in [0.2, 0.25) is 0 Å². The minimum Gasteiger partial charge on any atom is -0.463 e. The first-order valence-corrected chi connectivity index (χ1v) is 2.68. The van der Waals surface area contributed by atoms with Gasteiger partial charge in [-0.15, -0.1) is 0 Å². The third-order valence-corrected chi connectivity index (χ3v) is 0.616. The van der Waals surface area contributed by atoms with Gasteiger partial charge in [-0.05, 0) is 12.5 Å². The second-order valence-electron chi connectivity index (χ2n) is 1.27. The molecule has 0 spiro atoms. The number of ether oxygens (including phenoxy) is 1. The molecule has 0 fully saturated rings. The van der Waals surface area contributed by atoms with Crippen LogP contribution in [0.4, 0.5) is 0 Å². The molecule has 0 saturated heterocycles. The Hall–Kier alpha value is -1.48. The molecule has 0 aliphatic rings. The number of azide groups is 1. The molecule has 0 heterocycles. The number of carbonyl (C=O) groups excluding carboxylic acids is 1. The van der Waals surface area contributed by atoms with E-state index in [1.807, 2.05) is 0 Å². The van der Waals surface area contributed by atoms with Crippen molar-refractivity contribution in [1.82, 2.24) is 0 Å². The standard InChI is InChI=1S/C5H7N3O2/c1-2-10-5(9)3-4-7-8-6/h3-4H,2H2,1H3/b4-3-. The van der Waals surface area contributed by atoms with Crippen LogP contribution in [-0.4, -0.2) is 12.6 Å². The van der Waals surface area contributed by atoms with Gasteiger partial charge in [0.25, 0.3) is 0 Å². The van der Waals surface area contributed by atoms with Crippen molar-refractivity contribution in [3.8, 4) is 0 Å². The molecule has 0 aliphatic carbocycles. The van der Waals surface area contributed by atoms with E-state index in [9.17, 15) is 4.79 Å². The highest BCUT2D eigenvalue weighted by Crippen LogP contribution is 1.81. The molecule has 5 heteroatoms. The van der Waals surface area contributed by atoms with Crippen molar-refractivity contribution in [3.05, 3.63) is 22.7 Å². The zero-order valence-electron chi connectivity index (χ0n) is 5.52. The summed E-state index contributed by atoms with van der Waals surface area (Å²) in [7, 11) is 0. The molecule has 0 radical (unpaired) electrons. The first-order chi connectivity index (χ1) is 4.81. The van der Waals surface area contributed by atoms with E-state index in [1.54, 1.807) is 6.92 Å². The lowest BCUT2D eigenvalue weighted by Gasteiger charge is -1.91. The first kappa shape index (κ1) is 8.52. The van der Waals surface area contributed by atoms with Gasteiger partial charge >= 0.3 is 5.97 Å². The second kappa shape index (κ2) is 5.65. The molecule has 0 aromatic carbocycles. The van der Waals surface area contributed by atoms with Crippen molar-refractivity contribution in [1.29, 1.82) is 0 Å². The molecule has 0 atom stereocenters. The number of carbonyl (C=O) groups is 1. The Balaban J connectivity index is 3.66. The lowest BCUT2D eigenvalue weighted by Crippen LogP contribution is -1.98. The Kier molecular flexibility index (Phi) is 4.82. The van der Waals surface area contributed by atoms with Crippen LogP contribution in [-0.2, 0) is 9.53 Å². The molecule has 0 rings (SSSR count). The summed E-state index contributed by atoms with van der Waals surface area (Å²) in [5.41, 5.74) is 7.76. The Morgan fingerprint density at radius 3 is 3.10 bits per heavy atom. The Morgan fingerprint density at radius 2 is 2.60 bits per heavy atom. The third kappa shape index (κ3) is 4.67. The van der Waals surface area contributed by atoms with Crippen molar-refractivity contribution in [2.75, 3.05) is 6.61 Å². The van der Waals surface area contributed by atoms with Gasteiger partial charge in [-0.2, -0.15) is 0 Å². The van der Waals surface area contributed by atoms with Gasteiger partial charge in [-0.1, -0.05) is 5.11 Å². The molecule has 0 saturated carbocycles. The van der Waals surface area contributed by atoms with E-state index in [1.165, 1.54) is 0 Å². The molecule has 0 unspecified atom stereocenters. The summed E-state index contributed by atoms with van der Waals surface area (Å²) in [5, 5.41) is 2.99. The summed E-state index contributed by atoms with van der Waals surface area (Å²) in [5.74, 6) is -0.505. The van der Waals surface area contributed by atoms with Crippen LogP contribution in [0.25, 0.3) is 10.4 Å². The van der Waals surface area contributed by atoms with Crippen molar-refractivity contribution < 1.29 is 9.53 Å². The number of esters is 1. The molecule has 0 bridgehead atoms. The van der Waals surface area contributed by atoms with Gasteiger partial charge in [0, 0.05) is 17.2 Å². The van der Waals surface area contributed by atoms with Crippen LogP contribution in [0.5, 0.6) is 0 Å². The van der Waals surface area contributed by atoms with E-state index >= 15 is 0 Å². The second-order valence-corrected chi connectivity index (χ2v) is 1.27. The summed E-state index contributed by atoms with van der Waals surface area (Å²) in [6.45, 7) is 2.01. The molecule has 10 heavy (non-hydrogen) atoms. The largest absolute Gasteiger partial charge is 0.463 e. The molecular formula is C5H7N3O2. The SMILES string of the molecule is CCOC(=O)/C=C\N=[N+]=[N-]. The highest BCUT2D eigenvalue weighted by atomic mass is 16.5. The number of hydrogen-bond acceptors (Lipinski definition) is 3. The van der Waals surface area contributed by atoms with Gasteiger partial charge in [-0.25, -0.2) is 4.79 Å². The number of hydrogen-bond donors (Lipinski definition) is 0. The zero-order valence-corrected chi connectivity index (χ0v) is 5.52. The lowest BCUT2D eigenvalue weighted by molar-refractivity contribution is -0.137. The molecule has 0 aromatic rings. The third-order valence-electron chi connectivity index (χ3n) is 0.616. The highest BCUT2D eigenvalue weighted by molar-refractivity contribution is 5.81. The summed E-state index contributed by atoms with van der Waals surface area (Å²) in [6.07, 6.45) is 2.10. The van der Waals surface area contributed by atoms with E-state index in [4.69, 9.17) is 5.53 Å². The highest BCUT2D eigenvalue weighted by Gasteiger charge is 1.89. The summed E-state index contributed by atoms with van der Waals surface area (Å²) < 4.78 is 4.48. The van der Waals surface area contributed by atoms with Gasteiger partial charge in [0.1, 0.15) is 0 Å². The fraction of sp³-hybridized carbons (Fsp3) is 0.400. The average molecular weight is 141 g/mol. The van der Waals surface area contributed by atoms with Crippen LogP contribution in [0.15, 0.2) is 17.4 Å². The maximum atomic E-state index is 10.4. The van der Waals surface area contributed by atoms with E-state index in [2.05, 4.69) is 14.8 Å². The predicted molar refractivity (Wildman–Crippen MR) is 34.9 cm³/mol. The number of nitrogens with zero attached hydrogens (tertiary/aromatic N) is 3. The molecule has 0 amide bonds. The zero-order chi connectivity index (χ0) is 7.82. The topological polar surface area (TPSA) is 75.1 Å². The van der Waals surface area contributed by atoms with Crippen molar-refractivity contribution >= 4 is 5.97 Å². The fourth-order valence-corrected chi connectivity index (χ4v) is 0.314. The van der Waals surface area contributed by atoms with E-state index < -0.39 is 5.97 Å². The fourth-order valence-electron chi connectivity index (χ4n) is 0.314. The van der Waals surface area contributed by atoms with Gasteiger partial charge in [0.15, 0.2) is 0 Å². The normalized spacial score (nSPS) is 8.90. The Labute approximate surface area is 57.9 Å². The number of rotatable bonds is 3. The van der Waals surface area contributed by atoms with Gasteiger partial charge in [0.05, 0.1) is 6.61 Å². The van der Waals surface area contributed by atoms with Gasteiger partial charge < -0.3 is 4.74 Å². The summed E-state index contributed by atoms with van der Waals surface area (Å²) in [4.78, 5) is 12.8. The summed E-state index contributed by atoms with van der Waals surface area (Å²) >= 11 is 0. The molecule has 0 aromatic heterocycles. The molecular weight excluding hydrogens is 134 g/mol. The van der Waals surface area contributed by atoms with Crippen LogP contribution in [0.1, 0.15) is 6.92 Å². The smallest absolute Gasteiger partial charge is 0.330 e. The van der Waals surface area contributed by atoms with E-state index in [0.717, 1.165) is 12.3 Å². The molecule has 0 aliphatic heterocycles. The monoisotopic (exact) mass is 141 g/mol. The van der Waals surface area contributed by atoms with Crippen molar-refractivity contribution in [3.63, 3.8) is 0 Å². The maximum absolute atomic E-state index is 10.4. The minimum absolute atomic E-state index is 0.319. The van der Waals surface area contributed by atoms with Crippen LogP contribution in [0, 0.1) is 0 Å². The van der Waals surface area contributed by atoms with Crippen molar-refractivity contribution in [2.24, 2.45) is 5.11 Å². The Morgan fingerprint density at radius 1 is 1.90 bits per heavy atom. The van der Waals surface area contributed by atoms with Crippen LogP contribution < -0.4 is 0 Å². The first-order valence-electron chi connectivity index (χ1n) is 2.68. The minimum atomic E-state index is -0.505. The predicted octanol–water partition coefficient (Wildman–Crippen LogP) is 1.37.